The molecular formula is C14H26BrNO2. The van der Waals surface area contributed by atoms with Crippen LogP contribution < -0.4 is 0 Å². The molecule has 1 amide bonds. The van der Waals surface area contributed by atoms with E-state index in [2.05, 4.69) is 15.9 Å². The van der Waals surface area contributed by atoms with Crippen LogP contribution in [0.4, 0.5) is 0 Å². The van der Waals surface area contributed by atoms with Gasteiger partial charge in [-0.1, -0.05) is 35.2 Å². The average Bonchev–Trinajstić information content (AvgIpc) is 2.33. The SMILES string of the molecule is CC(C)(C)OCC(=O)N(CCBr)C1CCCCC1. The fraction of sp³-hybridized carbons (Fsp3) is 0.929. The first-order valence-corrected chi connectivity index (χ1v) is 8.05. The van der Waals surface area contributed by atoms with Crippen LogP contribution >= 0.6 is 15.9 Å². The highest BCUT2D eigenvalue weighted by Gasteiger charge is 2.25. The van der Waals surface area contributed by atoms with E-state index in [1.165, 1.54) is 19.3 Å². The Bertz CT molecular complexity index is 257. The summed E-state index contributed by atoms with van der Waals surface area (Å²) in [6.07, 6.45) is 6.10. The van der Waals surface area contributed by atoms with Gasteiger partial charge < -0.3 is 9.64 Å². The highest BCUT2D eigenvalue weighted by atomic mass is 79.9. The fourth-order valence-electron chi connectivity index (χ4n) is 2.36. The number of ether oxygens (including phenoxy) is 1. The van der Waals surface area contributed by atoms with Gasteiger partial charge >= 0.3 is 0 Å². The van der Waals surface area contributed by atoms with E-state index < -0.39 is 0 Å². The van der Waals surface area contributed by atoms with E-state index in [0.29, 0.717) is 6.04 Å². The van der Waals surface area contributed by atoms with Crippen molar-refractivity contribution in [1.29, 1.82) is 0 Å². The number of carbonyl (C=O) groups is 1. The van der Waals surface area contributed by atoms with E-state index in [0.717, 1.165) is 24.7 Å². The lowest BCUT2D eigenvalue weighted by Gasteiger charge is -2.34. The zero-order valence-electron chi connectivity index (χ0n) is 11.9. The van der Waals surface area contributed by atoms with Gasteiger partial charge in [-0.3, -0.25) is 4.79 Å². The van der Waals surface area contributed by atoms with Crippen LogP contribution in [0.1, 0.15) is 52.9 Å². The number of rotatable bonds is 5. The smallest absolute Gasteiger partial charge is 0.248 e. The summed E-state index contributed by atoms with van der Waals surface area (Å²) in [5.74, 6) is 0.135. The Labute approximate surface area is 119 Å². The molecule has 0 aromatic carbocycles. The van der Waals surface area contributed by atoms with Crippen LogP contribution in [0.15, 0.2) is 0 Å². The van der Waals surface area contributed by atoms with Crippen LogP contribution in [0.3, 0.4) is 0 Å². The molecule has 4 heteroatoms. The second kappa shape index (κ2) is 7.49. The Morgan fingerprint density at radius 3 is 2.39 bits per heavy atom. The largest absolute Gasteiger partial charge is 0.366 e. The lowest BCUT2D eigenvalue weighted by Crippen LogP contribution is -2.45. The molecule has 0 N–H and O–H groups in total. The van der Waals surface area contributed by atoms with Crippen LogP contribution in [-0.4, -0.2) is 40.9 Å². The van der Waals surface area contributed by atoms with Crippen LogP contribution in [0, 0.1) is 0 Å². The van der Waals surface area contributed by atoms with Gasteiger partial charge in [0.1, 0.15) is 6.61 Å². The molecular weight excluding hydrogens is 294 g/mol. The van der Waals surface area contributed by atoms with E-state index in [1.807, 2.05) is 25.7 Å². The molecule has 0 spiro atoms. The summed E-state index contributed by atoms with van der Waals surface area (Å²) in [4.78, 5) is 14.3. The second-order valence-electron chi connectivity index (χ2n) is 5.97. The molecule has 0 bridgehead atoms. The quantitative estimate of drug-likeness (QED) is 0.727. The van der Waals surface area contributed by atoms with Crippen molar-refractivity contribution in [3.8, 4) is 0 Å². The van der Waals surface area contributed by atoms with Crippen molar-refractivity contribution in [3.63, 3.8) is 0 Å². The fourth-order valence-corrected chi connectivity index (χ4v) is 2.74. The van der Waals surface area contributed by atoms with E-state index in [-0.39, 0.29) is 18.1 Å². The summed E-state index contributed by atoms with van der Waals surface area (Å²) < 4.78 is 5.60. The third-order valence-corrected chi connectivity index (χ3v) is 3.64. The highest BCUT2D eigenvalue weighted by molar-refractivity contribution is 9.09. The van der Waals surface area contributed by atoms with Gasteiger partial charge in [0.05, 0.1) is 5.60 Å². The molecule has 18 heavy (non-hydrogen) atoms. The first kappa shape index (κ1) is 16.0. The number of amides is 1. The van der Waals surface area contributed by atoms with Gasteiger partial charge in [-0.25, -0.2) is 0 Å². The maximum Gasteiger partial charge on any atom is 0.248 e. The van der Waals surface area contributed by atoms with Gasteiger partial charge in [-0.2, -0.15) is 0 Å². The summed E-state index contributed by atoms with van der Waals surface area (Å²) in [5.41, 5.74) is -0.248. The van der Waals surface area contributed by atoms with E-state index in [9.17, 15) is 4.79 Å². The third-order valence-electron chi connectivity index (χ3n) is 3.29. The summed E-state index contributed by atoms with van der Waals surface area (Å²) in [6, 6.07) is 0.423. The predicted molar refractivity (Wildman–Crippen MR) is 78.1 cm³/mol. The highest BCUT2D eigenvalue weighted by Crippen LogP contribution is 2.23. The standard InChI is InChI=1S/C14H26BrNO2/c1-14(2,3)18-11-13(17)16(10-9-15)12-7-5-4-6-8-12/h12H,4-11H2,1-3H3. The van der Waals surface area contributed by atoms with E-state index in [1.54, 1.807) is 0 Å². The molecule has 0 aromatic rings. The Balaban J connectivity index is 2.51. The molecule has 0 aromatic heterocycles. The van der Waals surface area contributed by atoms with Gasteiger partial charge in [0.15, 0.2) is 0 Å². The Kier molecular flexibility index (Phi) is 6.64. The average molecular weight is 320 g/mol. The lowest BCUT2D eigenvalue weighted by atomic mass is 9.94. The first-order chi connectivity index (χ1) is 8.44. The van der Waals surface area contributed by atoms with Crippen molar-refractivity contribution < 1.29 is 9.53 Å². The minimum absolute atomic E-state index is 0.135. The Hall–Kier alpha value is -0.0900. The molecule has 1 rings (SSSR count). The third kappa shape index (κ3) is 5.70. The zero-order chi connectivity index (χ0) is 13.6. The zero-order valence-corrected chi connectivity index (χ0v) is 13.5. The minimum Gasteiger partial charge on any atom is -0.366 e. The van der Waals surface area contributed by atoms with Gasteiger partial charge in [0.25, 0.3) is 0 Å². The summed E-state index contributed by atoms with van der Waals surface area (Å²) in [5, 5.41) is 0.838. The van der Waals surface area contributed by atoms with Gasteiger partial charge in [0.2, 0.25) is 5.91 Å². The molecule has 0 heterocycles. The van der Waals surface area contributed by atoms with Crippen LogP contribution in [-0.2, 0) is 9.53 Å². The number of nitrogens with zero attached hydrogens (tertiary/aromatic N) is 1. The van der Waals surface area contributed by atoms with Crippen LogP contribution in [0.5, 0.6) is 0 Å². The molecule has 0 saturated heterocycles. The van der Waals surface area contributed by atoms with Crippen molar-refractivity contribution in [2.45, 2.75) is 64.5 Å². The molecule has 0 aliphatic heterocycles. The molecule has 0 atom stereocenters. The molecule has 106 valence electrons. The number of alkyl halides is 1. The molecule has 1 fully saturated rings. The van der Waals surface area contributed by atoms with Gasteiger partial charge in [0, 0.05) is 17.9 Å². The maximum atomic E-state index is 12.3. The molecule has 0 unspecified atom stereocenters. The summed E-state index contributed by atoms with van der Waals surface area (Å²) in [6.45, 7) is 6.94. The normalized spacial score (nSPS) is 17.8. The van der Waals surface area contributed by atoms with Gasteiger partial charge in [-0.15, -0.1) is 0 Å². The topological polar surface area (TPSA) is 29.5 Å². The second-order valence-corrected chi connectivity index (χ2v) is 6.76. The van der Waals surface area contributed by atoms with E-state index >= 15 is 0 Å². The van der Waals surface area contributed by atoms with Crippen LogP contribution in [0.25, 0.3) is 0 Å². The number of halogens is 1. The van der Waals surface area contributed by atoms with Gasteiger partial charge in [-0.05, 0) is 33.6 Å². The Morgan fingerprint density at radius 2 is 1.89 bits per heavy atom. The number of carbonyl (C=O) groups excluding carboxylic acids is 1. The van der Waals surface area contributed by atoms with Crippen molar-refractivity contribution in [3.05, 3.63) is 0 Å². The van der Waals surface area contributed by atoms with Crippen molar-refractivity contribution >= 4 is 21.8 Å². The van der Waals surface area contributed by atoms with Crippen molar-refractivity contribution in [1.82, 2.24) is 4.90 Å². The summed E-state index contributed by atoms with van der Waals surface area (Å²) in [7, 11) is 0. The molecule has 0 radical (unpaired) electrons. The van der Waals surface area contributed by atoms with Crippen LogP contribution in [0.2, 0.25) is 0 Å². The maximum absolute atomic E-state index is 12.3. The predicted octanol–water partition coefficient (Wildman–Crippen LogP) is 3.36. The van der Waals surface area contributed by atoms with Crippen molar-refractivity contribution in [2.24, 2.45) is 0 Å². The molecule has 3 nitrogen and oxygen atoms in total. The Morgan fingerprint density at radius 1 is 1.28 bits per heavy atom. The molecule has 1 aliphatic carbocycles. The minimum atomic E-state index is -0.248. The molecule has 1 saturated carbocycles. The lowest BCUT2D eigenvalue weighted by molar-refractivity contribution is -0.143. The van der Waals surface area contributed by atoms with Crippen molar-refractivity contribution in [2.75, 3.05) is 18.5 Å². The number of hydrogen-bond acceptors (Lipinski definition) is 2. The first-order valence-electron chi connectivity index (χ1n) is 6.93. The number of hydrogen-bond donors (Lipinski definition) is 0. The monoisotopic (exact) mass is 319 g/mol. The molecule has 1 aliphatic rings. The van der Waals surface area contributed by atoms with E-state index in [4.69, 9.17) is 4.74 Å². The summed E-state index contributed by atoms with van der Waals surface area (Å²) >= 11 is 3.44.